The molecule has 3 N–H and O–H groups in total. The molecule has 170 valence electrons. The van der Waals surface area contributed by atoms with E-state index in [1.165, 1.54) is 82.6 Å². The van der Waals surface area contributed by atoms with E-state index in [0.29, 0.717) is 5.92 Å². The molecule has 5 nitrogen and oxygen atoms in total. The molecule has 1 atom stereocenters. The summed E-state index contributed by atoms with van der Waals surface area (Å²) in [6.45, 7) is 7.68. The van der Waals surface area contributed by atoms with Crippen LogP contribution in [0.25, 0.3) is 0 Å². The van der Waals surface area contributed by atoms with Gasteiger partial charge in [-0.1, -0.05) is 90.7 Å². The summed E-state index contributed by atoms with van der Waals surface area (Å²) in [7, 11) is -4.64. The van der Waals surface area contributed by atoms with Crippen molar-refractivity contribution in [3.63, 3.8) is 0 Å². The van der Waals surface area contributed by atoms with Gasteiger partial charge in [0.05, 0.1) is 6.61 Å². The van der Waals surface area contributed by atoms with E-state index < -0.39 is 7.82 Å². The SMILES string of the molecule is CCCCCCCCCc1ccc(OCC(CC)CCCC)cc1.O=P(O)(O)O. The van der Waals surface area contributed by atoms with Crippen LogP contribution in [0.5, 0.6) is 5.75 Å². The van der Waals surface area contributed by atoms with E-state index in [9.17, 15) is 0 Å². The minimum atomic E-state index is -4.64. The summed E-state index contributed by atoms with van der Waals surface area (Å²) in [6.07, 6.45) is 16.0. The van der Waals surface area contributed by atoms with Gasteiger partial charge in [0.1, 0.15) is 5.75 Å². The fourth-order valence-electron chi connectivity index (χ4n) is 3.15. The van der Waals surface area contributed by atoms with Crippen LogP contribution in [-0.4, -0.2) is 21.3 Å². The minimum Gasteiger partial charge on any atom is -0.493 e. The summed E-state index contributed by atoms with van der Waals surface area (Å²) >= 11 is 0. The van der Waals surface area contributed by atoms with E-state index in [0.717, 1.165) is 12.4 Å². The number of hydrogen-bond donors (Lipinski definition) is 3. The lowest BCUT2D eigenvalue weighted by atomic mass is 10.0. The van der Waals surface area contributed by atoms with Crippen LogP contribution in [0.4, 0.5) is 0 Å². The molecule has 1 unspecified atom stereocenters. The third-order valence-corrected chi connectivity index (χ3v) is 5.02. The summed E-state index contributed by atoms with van der Waals surface area (Å²) in [4.78, 5) is 21.6. The molecule has 0 aliphatic rings. The van der Waals surface area contributed by atoms with Gasteiger partial charge in [0.2, 0.25) is 0 Å². The molecule has 0 bridgehead atoms. The van der Waals surface area contributed by atoms with Crippen LogP contribution in [0.3, 0.4) is 0 Å². The second-order valence-electron chi connectivity index (χ2n) is 7.76. The van der Waals surface area contributed by atoms with E-state index in [1.54, 1.807) is 0 Å². The Balaban J connectivity index is 0.00000139. The van der Waals surface area contributed by atoms with Gasteiger partial charge < -0.3 is 19.4 Å². The van der Waals surface area contributed by atoms with Crippen LogP contribution in [0.2, 0.25) is 0 Å². The largest absolute Gasteiger partial charge is 0.493 e. The molecule has 1 aromatic rings. The Hall–Kier alpha value is -0.870. The van der Waals surface area contributed by atoms with Crippen molar-refractivity contribution in [2.75, 3.05) is 6.61 Å². The molecular formula is C23H43O5P. The molecule has 0 aliphatic heterocycles. The predicted octanol–water partition coefficient (Wildman–Crippen LogP) is 6.65. The van der Waals surface area contributed by atoms with Crippen LogP contribution in [0.15, 0.2) is 24.3 Å². The van der Waals surface area contributed by atoms with Gasteiger partial charge in [-0.05, 0) is 42.9 Å². The Bertz CT molecular complexity index is 518. The third-order valence-electron chi connectivity index (χ3n) is 5.02. The van der Waals surface area contributed by atoms with E-state index in [-0.39, 0.29) is 0 Å². The number of rotatable bonds is 15. The molecule has 0 aliphatic carbocycles. The van der Waals surface area contributed by atoms with Gasteiger partial charge in [-0.25, -0.2) is 4.57 Å². The lowest BCUT2D eigenvalue weighted by Gasteiger charge is -2.15. The topological polar surface area (TPSA) is 87.0 Å². The smallest absolute Gasteiger partial charge is 0.466 e. The van der Waals surface area contributed by atoms with Crippen molar-refractivity contribution in [3.05, 3.63) is 29.8 Å². The number of benzene rings is 1. The van der Waals surface area contributed by atoms with E-state index in [4.69, 9.17) is 24.0 Å². The molecule has 0 amide bonds. The van der Waals surface area contributed by atoms with Gasteiger partial charge in [0.15, 0.2) is 0 Å². The van der Waals surface area contributed by atoms with E-state index in [2.05, 4.69) is 45.0 Å². The molecule has 6 heteroatoms. The second-order valence-corrected chi connectivity index (χ2v) is 8.78. The first-order valence-electron chi connectivity index (χ1n) is 11.3. The Morgan fingerprint density at radius 3 is 1.86 bits per heavy atom. The number of aryl methyl sites for hydroxylation is 1. The maximum Gasteiger partial charge on any atom is 0.466 e. The maximum absolute atomic E-state index is 8.88. The molecular weight excluding hydrogens is 387 g/mol. The monoisotopic (exact) mass is 430 g/mol. The average molecular weight is 431 g/mol. The quantitative estimate of drug-likeness (QED) is 0.214. The van der Waals surface area contributed by atoms with Crippen molar-refractivity contribution in [1.82, 2.24) is 0 Å². The van der Waals surface area contributed by atoms with E-state index in [1.807, 2.05) is 0 Å². The first-order chi connectivity index (χ1) is 13.8. The zero-order valence-electron chi connectivity index (χ0n) is 18.7. The molecule has 0 saturated carbocycles. The predicted molar refractivity (Wildman–Crippen MR) is 121 cm³/mol. The van der Waals surface area contributed by atoms with Crippen molar-refractivity contribution in [2.45, 2.75) is 97.8 Å². The van der Waals surface area contributed by atoms with Crippen molar-refractivity contribution >= 4 is 7.82 Å². The lowest BCUT2D eigenvalue weighted by molar-refractivity contribution is 0.233. The molecule has 29 heavy (non-hydrogen) atoms. The highest BCUT2D eigenvalue weighted by molar-refractivity contribution is 7.45. The van der Waals surface area contributed by atoms with Crippen LogP contribution in [0.1, 0.15) is 97.0 Å². The van der Waals surface area contributed by atoms with Gasteiger partial charge in [0.25, 0.3) is 0 Å². The van der Waals surface area contributed by atoms with Crippen molar-refractivity contribution in [3.8, 4) is 5.75 Å². The zero-order valence-corrected chi connectivity index (χ0v) is 19.6. The number of hydrogen-bond acceptors (Lipinski definition) is 2. The first-order valence-corrected chi connectivity index (χ1v) is 12.9. The Labute approximate surface area is 178 Å². The fraction of sp³-hybridized carbons (Fsp3) is 0.739. The van der Waals surface area contributed by atoms with Crippen LogP contribution < -0.4 is 4.74 Å². The zero-order chi connectivity index (χ0) is 22.0. The number of phosphoric acid groups is 1. The summed E-state index contributed by atoms with van der Waals surface area (Å²) < 4.78 is 14.9. The van der Waals surface area contributed by atoms with E-state index >= 15 is 0 Å². The molecule has 0 spiro atoms. The summed E-state index contributed by atoms with van der Waals surface area (Å²) in [5.74, 6) is 1.74. The summed E-state index contributed by atoms with van der Waals surface area (Å²) in [5, 5.41) is 0. The highest BCUT2D eigenvalue weighted by Gasteiger charge is 2.07. The van der Waals surface area contributed by atoms with Crippen molar-refractivity contribution < 1.29 is 24.0 Å². The highest BCUT2D eigenvalue weighted by atomic mass is 31.2. The Morgan fingerprint density at radius 1 is 0.828 bits per heavy atom. The first kappa shape index (κ1) is 28.1. The van der Waals surface area contributed by atoms with Crippen molar-refractivity contribution in [2.24, 2.45) is 5.92 Å². The lowest BCUT2D eigenvalue weighted by Crippen LogP contribution is -2.11. The molecule has 0 saturated heterocycles. The highest BCUT2D eigenvalue weighted by Crippen LogP contribution is 2.25. The van der Waals surface area contributed by atoms with Crippen LogP contribution >= 0.6 is 7.82 Å². The second kappa shape index (κ2) is 17.9. The Kier molecular flexibility index (Phi) is 17.4. The average Bonchev–Trinajstić information content (AvgIpc) is 2.67. The molecule has 0 fully saturated rings. The molecule has 0 radical (unpaired) electrons. The maximum atomic E-state index is 8.88. The minimum absolute atomic E-state index is 0.706. The van der Waals surface area contributed by atoms with Crippen molar-refractivity contribution in [1.29, 1.82) is 0 Å². The summed E-state index contributed by atoms with van der Waals surface area (Å²) in [6, 6.07) is 8.81. The number of unbranched alkanes of at least 4 members (excludes halogenated alkanes) is 7. The van der Waals surface area contributed by atoms with Gasteiger partial charge >= 0.3 is 7.82 Å². The fourth-order valence-corrected chi connectivity index (χ4v) is 3.15. The molecule has 0 heterocycles. The molecule has 1 rings (SSSR count). The third kappa shape index (κ3) is 20.2. The van der Waals surface area contributed by atoms with Gasteiger partial charge in [-0.3, -0.25) is 0 Å². The van der Waals surface area contributed by atoms with Crippen LogP contribution in [0, 0.1) is 5.92 Å². The normalized spacial score (nSPS) is 12.2. The van der Waals surface area contributed by atoms with Gasteiger partial charge in [-0.15, -0.1) is 0 Å². The van der Waals surface area contributed by atoms with Gasteiger partial charge in [-0.2, -0.15) is 0 Å². The van der Waals surface area contributed by atoms with Gasteiger partial charge in [0, 0.05) is 0 Å². The summed E-state index contributed by atoms with van der Waals surface area (Å²) in [5.41, 5.74) is 1.45. The molecule has 1 aromatic carbocycles. The van der Waals surface area contributed by atoms with Crippen LogP contribution in [-0.2, 0) is 11.0 Å². The Morgan fingerprint density at radius 2 is 1.34 bits per heavy atom. The molecule has 0 aromatic heterocycles. The number of ether oxygens (including phenoxy) is 1. The standard InChI is InChI=1S/C23H40O.H3O4P/c1-4-7-9-10-11-12-13-15-22-16-18-23(19-17-22)24-20-21(6-3)14-8-5-2;1-5(2,3)4/h16-19,21H,4-15,20H2,1-3H3;(H3,1,2,3,4).